The minimum atomic E-state index is -4.97. The highest BCUT2D eigenvalue weighted by Crippen LogP contribution is 2.45. The number of unbranched alkanes of at least 4 members (excludes halogenated alkanes) is 40. The van der Waals surface area contributed by atoms with E-state index >= 15 is 0 Å². The molecule has 0 spiro atoms. The zero-order chi connectivity index (χ0) is 72.3. The Morgan fingerprint density at radius 3 is 0.827 bits per heavy atom. The Bertz CT molecular complexity index is 2000. The predicted molar refractivity (Wildman–Crippen MR) is 400 cm³/mol. The van der Waals surface area contributed by atoms with Gasteiger partial charge < -0.3 is 33.8 Å². The van der Waals surface area contributed by atoms with Crippen LogP contribution in [0.25, 0.3) is 0 Å². The maximum absolute atomic E-state index is 13.1. The van der Waals surface area contributed by atoms with E-state index < -0.39 is 97.5 Å². The fourth-order valence-corrected chi connectivity index (χ4v) is 13.2. The lowest BCUT2D eigenvalue weighted by atomic mass is 10.0. The second kappa shape index (κ2) is 68.9. The van der Waals surface area contributed by atoms with Crippen molar-refractivity contribution in [2.24, 2.45) is 17.8 Å². The standard InChI is InChI=1S/C79H150O17P2/c1-8-9-10-11-12-13-14-15-17-21-27-32-39-46-53-60-76(81)89-66-74(95-79(84)63-56-49-41-34-29-24-23-26-31-37-44-51-58-71(4)5)68-93-97(85,86)91-64-73(80)65-92-98(87,88)94-69-75(67-90-77(82)61-54-47-42-35-38-45-52-59-72(6)7)96-78(83)62-55-48-40-33-28-22-19-16-18-20-25-30-36-43-50-57-70(2)3/h13-15,17,70-75,80H,8-12,16,18-69H2,1-7H3,(H,85,86)(H,87,88)/b14-13-,17-15-/t73?,74-,75-/m1/s1. The molecule has 0 aliphatic heterocycles. The van der Waals surface area contributed by atoms with E-state index in [1.165, 1.54) is 167 Å². The molecule has 0 aliphatic carbocycles. The van der Waals surface area contributed by atoms with Crippen LogP contribution in [0.3, 0.4) is 0 Å². The second-order valence-corrected chi connectivity index (χ2v) is 32.1. The summed E-state index contributed by atoms with van der Waals surface area (Å²) < 4.78 is 68.6. The van der Waals surface area contributed by atoms with E-state index in [9.17, 15) is 43.2 Å². The molecule has 0 aliphatic rings. The number of carbonyl (C=O) groups is 4. The molecule has 17 nitrogen and oxygen atoms in total. The number of rotatable bonds is 75. The third-order valence-corrected chi connectivity index (χ3v) is 19.7. The summed E-state index contributed by atoms with van der Waals surface area (Å²) in [6, 6.07) is 0. The summed E-state index contributed by atoms with van der Waals surface area (Å²) in [7, 11) is -9.93. The van der Waals surface area contributed by atoms with Crippen LogP contribution in [0.1, 0.15) is 382 Å². The second-order valence-electron chi connectivity index (χ2n) is 29.2. The molecule has 3 unspecified atom stereocenters. The van der Waals surface area contributed by atoms with E-state index in [1.807, 2.05) is 0 Å². The van der Waals surface area contributed by atoms with Crippen LogP contribution in [0, 0.1) is 17.8 Å². The normalized spacial score (nSPS) is 14.2. The average Bonchev–Trinajstić information content (AvgIpc) is 1.00. The molecule has 0 radical (unpaired) electrons. The number of phosphoric ester groups is 2. The van der Waals surface area contributed by atoms with Gasteiger partial charge in [-0.15, -0.1) is 0 Å². The van der Waals surface area contributed by atoms with Crippen molar-refractivity contribution in [3.63, 3.8) is 0 Å². The quantitative estimate of drug-likeness (QED) is 0.0169. The van der Waals surface area contributed by atoms with Gasteiger partial charge in [0.05, 0.1) is 26.4 Å². The van der Waals surface area contributed by atoms with E-state index in [0.29, 0.717) is 31.6 Å². The number of aliphatic hydroxyl groups is 1. The summed E-state index contributed by atoms with van der Waals surface area (Å²) in [5.41, 5.74) is 0. The van der Waals surface area contributed by atoms with Crippen molar-refractivity contribution in [2.75, 3.05) is 39.6 Å². The van der Waals surface area contributed by atoms with Gasteiger partial charge in [0.25, 0.3) is 0 Å². The molecule has 0 rings (SSSR count). The first-order valence-corrected chi connectivity index (χ1v) is 43.2. The van der Waals surface area contributed by atoms with Gasteiger partial charge in [0.1, 0.15) is 19.3 Å². The summed E-state index contributed by atoms with van der Waals surface area (Å²) in [5.74, 6) is 0.134. The maximum Gasteiger partial charge on any atom is 0.472 e. The lowest BCUT2D eigenvalue weighted by Gasteiger charge is -2.21. The molecule has 0 bridgehead atoms. The van der Waals surface area contributed by atoms with Crippen LogP contribution in [-0.2, 0) is 65.4 Å². The molecule has 3 N–H and O–H groups in total. The Morgan fingerprint density at radius 1 is 0.316 bits per heavy atom. The first-order chi connectivity index (χ1) is 47.2. The molecule has 0 heterocycles. The fraction of sp³-hybridized carbons (Fsp3) is 0.899. The Morgan fingerprint density at radius 2 is 0.551 bits per heavy atom. The molecule has 0 aromatic carbocycles. The molecule has 0 saturated heterocycles. The monoisotopic (exact) mass is 1430 g/mol. The van der Waals surface area contributed by atoms with Gasteiger partial charge in [-0.05, 0) is 69.1 Å². The van der Waals surface area contributed by atoms with Gasteiger partial charge in [-0.2, -0.15) is 0 Å². The summed E-state index contributed by atoms with van der Waals surface area (Å²) in [5, 5.41) is 10.6. The molecule has 5 atom stereocenters. The molecular weight excluding hydrogens is 1280 g/mol. The first kappa shape index (κ1) is 95.5. The van der Waals surface area contributed by atoms with E-state index in [4.69, 9.17) is 37.0 Å². The minimum Gasteiger partial charge on any atom is -0.462 e. The van der Waals surface area contributed by atoms with Crippen molar-refractivity contribution in [3.05, 3.63) is 24.3 Å². The third kappa shape index (κ3) is 71.9. The molecule has 0 aromatic rings. The molecule has 0 fully saturated rings. The van der Waals surface area contributed by atoms with Gasteiger partial charge in [0, 0.05) is 25.7 Å². The number of aliphatic hydroxyl groups excluding tert-OH is 1. The first-order valence-electron chi connectivity index (χ1n) is 40.2. The van der Waals surface area contributed by atoms with Crippen LogP contribution in [0.2, 0.25) is 0 Å². The van der Waals surface area contributed by atoms with E-state index in [2.05, 4.69) is 72.8 Å². The minimum absolute atomic E-state index is 0.0997. The molecule has 578 valence electrons. The highest BCUT2D eigenvalue weighted by Gasteiger charge is 2.30. The number of ether oxygens (including phenoxy) is 4. The number of carbonyl (C=O) groups excluding carboxylic acids is 4. The summed E-state index contributed by atoms with van der Waals surface area (Å²) >= 11 is 0. The van der Waals surface area contributed by atoms with Crippen LogP contribution in [-0.4, -0.2) is 96.7 Å². The van der Waals surface area contributed by atoms with Crippen LogP contribution < -0.4 is 0 Å². The van der Waals surface area contributed by atoms with Crippen LogP contribution in [0.4, 0.5) is 0 Å². The summed E-state index contributed by atoms with van der Waals surface area (Å²) in [6.45, 7) is 11.8. The Balaban J connectivity index is 5.27. The third-order valence-electron chi connectivity index (χ3n) is 17.8. The van der Waals surface area contributed by atoms with Crippen LogP contribution >= 0.6 is 15.6 Å². The Kier molecular flexibility index (Phi) is 67.2. The summed E-state index contributed by atoms with van der Waals surface area (Å²) in [4.78, 5) is 72.9. The van der Waals surface area contributed by atoms with Crippen molar-refractivity contribution < 1.29 is 80.2 Å². The van der Waals surface area contributed by atoms with E-state index in [0.717, 1.165) is 127 Å². The molecule has 0 saturated carbocycles. The molecule has 98 heavy (non-hydrogen) atoms. The van der Waals surface area contributed by atoms with Crippen LogP contribution in [0.5, 0.6) is 0 Å². The van der Waals surface area contributed by atoms with Crippen molar-refractivity contribution in [3.8, 4) is 0 Å². The predicted octanol–water partition coefficient (Wildman–Crippen LogP) is 22.9. The number of phosphoric acid groups is 2. The van der Waals surface area contributed by atoms with E-state index in [-0.39, 0.29) is 25.7 Å². The van der Waals surface area contributed by atoms with Crippen molar-refractivity contribution in [1.29, 1.82) is 0 Å². The highest BCUT2D eigenvalue weighted by molar-refractivity contribution is 7.47. The Labute approximate surface area is 599 Å². The number of esters is 4. The number of hydrogen-bond acceptors (Lipinski definition) is 15. The highest BCUT2D eigenvalue weighted by atomic mass is 31.2. The maximum atomic E-state index is 13.1. The average molecular weight is 1430 g/mol. The SMILES string of the molecule is CCCCCC/C=C\C=C/CCCCCCCC(=O)OC[C@H](COP(=O)(O)OCC(O)COP(=O)(O)OC[C@@H](COC(=O)CCCCCCCCCC(C)C)OC(=O)CCCCCCCCCCCCCCCCCC(C)C)OC(=O)CCCCCCCCCCCCCCC(C)C. The number of hydrogen-bond donors (Lipinski definition) is 3. The van der Waals surface area contributed by atoms with Gasteiger partial charge in [-0.25, -0.2) is 9.13 Å². The van der Waals surface area contributed by atoms with Gasteiger partial charge in [-0.1, -0.05) is 330 Å². The topological polar surface area (TPSA) is 237 Å². The van der Waals surface area contributed by atoms with E-state index in [1.54, 1.807) is 0 Å². The van der Waals surface area contributed by atoms with Crippen LogP contribution in [0.15, 0.2) is 24.3 Å². The molecule has 0 amide bonds. The summed E-state index contributed by atoms with van der Waals surface area (Å²) in [6.07, 6.45) is 59.1. The zero-order valence-corrected chi connectivity index (χ0v) is 65.5. The lowest BCUT2D eigenvalue weighted by Crippen LogP contribution is -2.30. The van der Waals surface area contributed by atoms with Crippen molar-refractivity contribution >= 4 is 39.5 Å². The van der Waals surface area contributed by atoms with Gasteiger partial charge in [0.15, 0.2) is 12.2 Å². The van der Waals surface area contributed by atoms with Gasteiger partial charge in [-0.3, -0.25) is 37.3 Å². The largest absolute Gasteiger partial charge is 0.472 e. The lowest BCUT2D eigenvalue weighted by molar-refractivity contribution is -0.161. The smallest absolute Gasteiger partial charge is 0.462 e. The van der Waals surface area contributed by atoms with Gasteiger partial charge in [0.2, 0.25) is 0 Å². The molecule has 0 aromatic heterocycles. The molecule has 19 heteroatoms. The van der Waals surface area contributed by atoms with Crippen molar-refractivity contribution in [2.45, 2.75) is 401 Å². The Hall–Kier alpha value is -2.46. The molecular formula is C79H150O17P2. The fourth-order valence-electron chi connectivity index (χ4n) is 11.6. The zero-order valence-electron chi connectivity index (χ0n) is 63.7. The number of allylic oxidation sites excluding steroid dienone is 4. The van der Waals surface area contributed by atoms with Gasteiger partial charge >= 0.3 is 39.5 Å². The van der Waals surface area contributed by atoms with Crippen molar-refractivity contribution in [1.82, 2.24) is 0 Å².